The Kier molecular flexibility index (Phi) is 35.8. The van der Waals surface area contributed by atoms with Crippen molar-refractivity contribution in [2.45, 2.75) is 199 Å². The lowest BCUT2D eigenvalue weighted by Crippen LogP contribution is -2.50. The van der Waals surface area contributed by atoms with Gasteiger partial charge in [0.15, 0.2) is 12.1 Å². The average molecular weight is 763 g/mol. The fraction of sp³-hybridized carbons (Fsp3) is 0.804. The van der Waals surface area contributed by atoms with E-state index in [4.69, 9.17) is 14.2 Å². The molecule has 54 heavy (non-hydrogen) atoms. The SMILES string of the molecule is CC/C=C/C/C=C/C/C=C/CCCCCCCCCCCC(=O)OC(COCCC(C(=O)O)[N+](C)(C)C)COC(=O)CCCCCCCCCCCCC. The zero-order valence-corrected chi connectivity index (χ0v) is 35.7. The van der Waals surface area contributed by atoms with Gasteiger partial charge >= 0.3 is 17.9 Å². The van der Waals surface area contributed by atoms with Crippen molar-refractivity contribution in [3.05, 3.63) is 36.5 Å². The Morgan fingerprint density at radius 1 is 0.574 bits per heavy atom. The van der Waals surface area contributed by atoms with Gasteiger partial charge in [0, 0.05) is 19.3 Å². The van der Waals surface area contributed by atoms with E-state index in [1.165, 1.54) is 89.9 Å². The Balaban J connectivity index is 4.30. The van der Waals surface area contributed by atoms with E-state index in [1.54, 1.807) is 0 Å². The number of likely N-dealkylation sites (N-methyl/N-ethyl adjacent to an activating group) is 1. The Hall–Kier alpha value is -2.45. The zero-order valence-electron chi connectivity index (χ0n) is 35.7. The van der Waals surface area contributed by atoms with Gasteiger partial charge in [0.05, 0.1) is 34.4 Å². The Labute approximate surface area is 332 Å². The number of rotatable bonds is 39. The third-order valence-corrected chi connectivity index (χ3v) is 9.80. The van der Waals surface area contributed by atoms with Crippen LogP contribution >= 0.6 is 0 Å². The molecule has 8 heteroatoms. The number of ether oxygens (including phenoxy) is 3. The van der Waals surface area contributed by atoms with Gasteiger partial charge in [0.2, 0.25) is 0 Å². The van der Waals surface area contributed by atoms with Crippen LogP contribution in [-0.2, 0) is 28.6 Å². The van der Waals surface area contributed by atoms with Gasteiger partial charge in [-0.25, -0.2) is 4.79 Å². The van der Waals surface area contributed by atoms with Crippen LogP contribution in [0.3, 0.4) is 0 Å². The molecule has 0 saturated carbocycles. The predicted octanol–water partition coefficient (Wildman–Crippen LogP) is 11.9. The first kappa shape index (κ1) is 51.5. The maximum absolute atomic E-state index is 12.7. The molecule has 0 aromatic carbocycles. The molecule has 0 aliphatic carbocycles. The first-order valence-corrected chi connectivity index (χ1v) is 22.0. The van der Waals surface area contributed by atoms with E-state index >= 15 is 0 Å². The fourth-order valence-electron chi connectivity index (χ4n) is 6.40. The Bertz CT molecular complexity index is 984. The molecule has 314 valence electrons. The molecule has 0 aliphatic heterocycles. The molecule has 0 aliphatic rings. The minimum atomic E-state index is -0.876. The van der Waals surface area contributed by atoms with Crippen LogP contribution in [-0.4, -0.2) is 80.6 Å². The number of esters is 2. The van der Waals surface area contributed by atoms with E-state index in [0.29, 0.717) is 19.3 Å². The van der Waals surface area contributed by atoms with E-state index in [1.807, 2.05) is 21.1 Å². The molecule has 0 aromatic rings. The maximum Gasteiger partial charge on any atom is 0.362 e. The topological polar surface area (TPSA) is 99.1 Å². The van der Waals surface area contributed by atoms with Gasteiger partial charge in [0.1, 0.15) is 6.61 Å². The van der Waals surface area contributed by atoms with Crippen LogP contribution in [0.25, 0.3) is 0 Å². The molecule has 0 fully saturated rings. The highest BCUT2D eigenvalue weighted by Gasteiger charge is 2.31. The zero-order chi connectivity index (χ0) is 40.0. The second kappa shape index (κ2) is 37.5. The number of quaternary nitrogens is 1. The van der Waals surface area contributed by atoms with Crippen molar-refractivity contribution in [3.63, 3.8) is 0 Å². The van der Waals surface area contributed by atoms with Crippen molar-refractivity contribution >= 4 is 17.9 Å². The number of carboxylic acids is 1. The number of aliphatic carboxylic acids is 1. The summed E-state index contributed by atoms with van der Waals surface area (Å²) in [6.07, 6.45) is 41.8. The minimum absolute atomic E-state index is 0.0505. The van der Waals surface area contributed by atoms with Gasteiger partial charge < -0.3 is 23.8 Å². The summed E-state index contributed by atoms with van der Waals surface area (Å²) >= 11 is 0. The quantitative estimate of drug-likeness (QED) is 0.0288. The second-order valence-corrected chi connectivity index (χ2v) is 15.9. The van der Waals surface area contributed by atoms with Gasteiger partial charge in [0.25, 0.3) is 0 Å². The monoisotopic (exact) mass is 763 g/mol. The third kappa shape index (κ3) is 35.3. The number of hydrogen-bond acceptors (Lipinski definition) is 6. The smallest absolute Gasteiger partial charge is 0.362 e. The van der Waals surface area contributed by atoms with Crippen LogP contribution in [0, 0.1) is 0 Å². The lowest BCUT2D eigenvalue weighted by molar-refractivity contribution is -0.887. The first-order valence-electron chi connectivity index (χ1n) is 22.0. The highest BCUT2D eigenvalue weighted by molar-refractivity contribution is 5.72. The van der Waals surface area contributed by atoms with Gasteiger partial charge in [-0.3, -0.25) is 9.59 Å². The van der Waals surface area contributed by atoms with E-state index in [-0.39, 0.29) is 36.2 Å². The highest BCUT2D eigenvalue weighted by Crippen LogP contribution is 2.15. The number of carbonyl (C=O) groups is 3. The molecular formula is C46H84NO7+. The van der Waals surface area contributed by atoms with Crippen molar-refractivity contribution < 1.29 is 38.2 Å². The normalized spacial score (nSPS) is 13.3. The number of allylic oxidation sites excluding steroid dienone is 6. The fourth-order valence-corrected chi connectivity index (χ4v) is 6.40. The molecule has 2 unspecified atom stereocenters. The average Bonchev–Trinajstić information content (AvgIpc) is 3.12. The lowest BCUT2D eigenvalue weighted by Gasteiger charge is -2.31. The van der Waals surface area contributed by atoms with E-state index in [2.05, 4.69) is 50.3 Å². The maximum atomic E-state index is 12.7. The molecule has 0 rings (SSSR count). The molecule has 0 heterocycles. The van der Waals surface area contributed by atoms with Crippen LogP contribution in [0.4, 0.5) is 0 Å². The summed E-state index contributed by atoms with van der Waals surface area (Å²) in [5.74, 6) is -1.47. The number of carboxylic acid groups (broad SMARTS) is 1. The largest absolute Gasteiger partial charge is 0.477 e. The van der Waals surface area contributed by atoms with E-state index in [9.17, 15) is 19.5 Å². The lowest BCUT2D eigenvalue weighted by atomic mass is 10.1. The highest BCUT2D eigenvalue weighted by atomic mass is 16.6. The van der Waals surface area contributed by atoms with Crippen LogP contribution in [0.5, 0.6) is 0 Å². The predicted molar refractivity (Wildman–Crippen MR) is 225 cm³/mol. The van der Waals surface area contributed by atoms with Crippen LogP contribution in [0.2, 0.25) is 0 Å². The van der Waals surface area contributed by atoms with Crippen LogP contribution in [0.1, 0.15) is 187 Å². The minimum Gasteiger partial charge on any atom is -0.477 e. The van der Waals surface area contributed by atoms with Crippen molar-refractivity contribution in [1.29, 1.82) is 0 Å². The Morgan fingerprint density at radius 2 is 1.04 bits per heavy atom. The summed E-state index contributed by atoms with van der Waals surface area (Å²) in [7, 11) is 5.52. The molecule has 0 amide bonds. The van der Waals surface area contributed by atoms with Gasteiger partial charge in [-0.1, -0.05) is 159 Å². The first-order chi connectivity index (χ1) is 26.1. The molecule has 2 atom stereocenters. The molecule has 0 spiro atoms. The molecule has 0 bridgehead atoms. The van der Waals surface area contributed by atoms with Crippen LogP contribution < -0.4 is 0 Å². The number of nitrogens with zero attached hydrogens (tertiary/aromatic N) is 1. The summed E-state index contributed by atoms with van der Waals surface area (Å²) in [6, 6.07) is -0.613. The molecule has 1 N–H and O–H groups in total. The molecule has 8 nitrogen and oxygen atoms in total. The van der Waals surface area contributed by atoms with Crippen LogP contribution in [0.15, 0.2) is 36.5 Å². The number of hydrogen-bond donors (Lipinski definition) is 1. The summed E-state index contributed by atoms with van der Waals surface area (Å²) in [5.41, 5.74) is 0. The Morgan fingerprint density at radius 3 is 1.54 bits per heavy atom. The second-order valence-electron chi connectivity index (χ2n) is 15.9. The molecule has 0 saturated heterocycles. The summed E-state index contributed by atoms with van der Waals surface area (Å²) in [6.45, 7) is 4.62. The standard InChI is InChI=1S/C46H83NO7/c1-6-8-10-12-14-16-18-19-20-21-22-23-24-25-27-29-31-33-35-37-45(49)54-42(40-52-39-38-43(46(50)51)47(3,4)5)41-53-44(48)36-34-32-30-28-26-17-15-13-11-9-7-2/h8,10,14,16,19-20,42-43H,6-7,9,11-13,15,17-18,21-41H2,1-5H3/p+1/b10-8+,16-14+,20-19+. The molecule has 0 aromatic heterocycles. The van der Waals surface area contributed by atoms with Gasteiger partial charge in [-0.15, -0.1) is 0 Å². The van der Waals surface area contributed by atoms with Crippen molar-refractivity contribution in [3.8, 4) is 0 Å². The summed E-state index contributed by atoms with van der Waals surface area (Å²) in [4.78, 5) is 36.9. The van der Waals surface area contributed by atoms with Crippen molar-refractivity contribution in [2.75, 3.05) is 41.0 Å². The van der Waals surface area contributed by atoms with Crippen molar-refractivity contribution in [1.82, 2.24) is 0 Å². The van der Waals surface area contributed by atoms with Gasteiger partial charge in [-0.2, -0.15) is 0 Å². The molecular weight excluding hydrogens is 679 g/mol. The summed E-state index contributed by atoms with van der Waals surface area (Å²) < 4.78 is 17.3. The van der Waals surface area contributed by atoms with Gasteiger partial charge in [-0.05, 0) is 44.9 Å². The summed E-state index contributed by atoms with van der Waals surface area (Å²) in [5, 5.41) is 9.61. The van der Waals surface area contributed by atoms with E-state index < -0.39 is 18.1 Å². The molecule has 0 radical (unpaired) electrons. The third-order valence-electron chi connectivity index (χ3n) is 9.80. The van der Waals surface area contributed by atoms with Crippen molar-refractivity contribution in [2.24, 2.45) is 0 Å². The van der Waals surface area contributed by atoms with E-state index in [0.717, 1.165) is 64.2 Å². The number of carbonyl (C=O) groups excluding carboxylic acids is 2. The number of unbranched alkanes of at least 4 members (excludes halogenated alkanes) is 19.